The molecule has 38 heavy (non-hydrogen) atoms. The van der Waals surface area contributed by atoms with Crippen LogP contribution in [0.1, 0.15) is 11.1 Å². The lowest BCUT2D eigenvalue weighted by Gasteiger charge is -2.08. The minimum atomic E-state index is -4.40. The van der Waals surface area contributed by atoms with E-state index in [9.17, 15) is 18.5 Å². The van der Waals surface area contributed by atoms with Gasteiger partial charge in [0.05, 0.1) is 15.6 Å². The largest absolute Gasteiger partial charge is 0.436 e. The van der Waals surface area contributed by atoms with Crippen LogP contribution in [-0.2, 0) is 10.1 Å². The van der Waals surface area contributed by atoms with Crippen LogP contribution in [-0.4, -0.2) is 24.5 Å². The first kappa shape index (κ1) is 25.1. The lowest BCUT2D eigenvalue weighted by Crippen LogP contribution is -2.10. The molecule has 0 aliphatic carbocycles. The van der Waals surface area contributed by atoms with E-state index >= 15 is 0 Å². The van der Waals surface area contributed by atoms with E-state index in [1.54, 1.807) is 18.3 Å². The number of benzene rings is 4. The Morgan fingerprint density at radius 3 is 2.58 bits per heavy atom. The van der Waals surface area contributed by atoms with Gasteiger partial charge < -0.3 is 8.60 Å². The minimum absolute atomic E-state index is 0.0120. The summed E-state index contributed by atoms with van der Waals surface area (Å²) < 4.78 is 36.3. The smallest absolute Gasteiger partial charge is 0.340 e. The zero-order valence-electron chi connectivity index (χ0n) is 19.7. The number of fused-ring (bicyclic) bond motifs is 1. The normalized spacial score (nSPS) is 11.7. The van der Waals surface area contributed by atoms with Crippen LogP contribution in [0.15, 0.2) is 99.2 Å². The molecule has 4 aromatic carbocycles. The highest BCUT2D eigenvalue weighted by atomic mass is 35.5. The Balaban J connectivity index is 1.32. The van der Waals surface area contributed by atoms with Crippen molar-refractivity contribution in [3.63, 3.8) is 0 Å². The first-order valence-corrected chi connectivity index (χ1v) is 13.0. The first-order chi connectivity index (χ1) is 18.2. The van der Waals surface area contributed by atoms with Crippen molar-refractivity contribution in [1.29, 1.82) is 0 Å². The predicted octanol–water partition coefficient (Wildman–Crippen LogP) is 6.88. The van der Waals surface area contributed by atoms with E-state index in [0.717, 1.165) is 34.8 Å². The standard InChI is InChI=1S/C27H18ClN3O6S/c1-17-5-12-25-24(13-17)30-27(36-25)19-3-2-4-20(14-19)29-16-18-6-9-22(10-7-18)37-38(34,35)26-15-21(31(32)33)8-11-23(26)28/h2-16H,1H3. The zero-order valence-corrected chi connectivity index (χ0v) is 21.3. The van der Waals surface area contributed by atoms with Gasteiger partial charge in [0, 0.05) is 23.9 Å². The number of hydrogen-bond acceptors (Lipinski definition) is 8. The first-order valence-electron chi connectivity index (χ1n) is 11.2. The molecule has 11 heteroatoms. The van der Waals surface area contributed by atoms with Crippen LogP contribution >= 0.6 is 11.6 Å². The molecule has 5 aromatic rings. The Morgan fingerprint density at radius 1 is 1.03 bits per heavy atom. The van der Waals surface area contributed by atoms with E-state index in [1.165, 1.54) is 12.1 Å². The van der Waals surface area contributed by atoms with Crippen molar-refractivity contribution in [2.45, 2.75) is 11.8 Å². The Hall–Kier alpha value is -4.54. The molecule has 0 saturated heterocycles. The second kappa shape index (κ2) is 10.1. The fourth-order valence-corrected chi connectivity index (χ4v) is 5.03. The lowest BCUT2D eigenvalue weighted by molar-refractivity contribution is -0.385. The van der Waals surface area contributed by atoms with Crippen LogP contribution in [0.5, 0.6) is 5.75 Å². The Kier molecular flexibility index (Phi) is 6.66. The predicted molar refractivity (Wildman–Crippen MR) is 144 cm³/mol. The average Bonchev–Trinajstić information content (AvgIpc) is 3.31. The molecular formula is C27H18ClN3O6S. The summed E-state index contributed by atoms with van der Waals surface area (Å²) in [4.78, 5) is 18.8. The number of aromatic nitrogens is 1. The highest BCUT2D eigenvalue weighted by Gasteiger charge is 2.23. The summed E-state index contributed by atoms with van der Waals surface area (Å²) in [7, 11) is -4.40. The monoisotopic (exact) mass is 547 g/mol. The number of oxazole rings is 1. The van der Waals surface area contributed by atoms with Gasteiger partial charge >= 0.3 is 10.1 Å². The van der Waals surface area contributed by atoms with Crippen LogP contribution in [0.25, 0.3) is 22.6 Å². The van der Waals surface area contributed by atoms with Crippen molar-refractivity contribution in [3.05, 3.63) is 111 Å². The third-order valence-corrected chi connectivity index (χ3v) is 7.21. The summed E-state index contributed by atoms with van der Waals surface area (Å²) in [5.74, 6) is 0.507. The van der Waals surface area contributed by atoms with Gasteiger partial charge in [0.25, 0.3) is 5.69 Å². The highest BCUT2D eigenvalue weighted by Crippen LogP contribution is 2.30. The third kappa shape index (κ3) is 5.41. The summed E-state index contributed by atoms with van der Waals surface area (Å²) in [5, 5.41) is 10.8. The van der Waals surface area contributed by atoms with E-state index in [2.05, 4.69) is 9.98 Å². The maximum Gasteiger partial charge on any atom is 0.340 e. The maximum absolute atomic E-state index is 12.6. The van der Waals surface area contributed by atoms with Gasteiger partial charge in [-0.2, -0.15) is 8.42 Å². The number of nitrogens with zero attached hydrogens (tertiary/aromatic N) is 3. The summed E-state index contributed by atoms with van der Waals surface area (Å²) in [6.07, 6.45) is 1.62. The SMILES string of the molecule is Cc1ccc2oc(-c3cccc(N=Cc4ccc(OS(=O)(=O)c5cc([N+](=O)[O-])ccc5Cl)cc4)c3)nc2c1. The molecule has 190 valence electrons. The number of halogens is 1. The average molecular weight is 548 g/mol. The van der Waals surface area contributed by atoms with E-state index in [4.69, 9.17) is 20.2 Å². The molecule has 0 radical (unpaired) electrons. The van der Waals surface area contributed by atoms with Crippen molar-refractivity contribution in [2.75, 3.05) is 0 Å². The molecule has 0 unspecified atom stereocenters. The topological polar surface area (TPSA) is 125 Å². The molecule has 0 fully saturated rings. The molecule has 5 rings (SSSR count). The molecule has 1 heterocycles. The van der Waals surface area contributed by atoms with Gasteiger partial charge in [0.15, 0.2) is 5.58 Å². The number of nitro groups is 1. The summed E-state index contributed by atoms with van der Waals surface area (Å²) >= 11 is 5.94. The van der Waals surface area contributed by atoms with Gasteiger partial charge in [-0.05, 0) is 78.7 Å². The van der Waals surface area contributed by atoms with Crippen LogP contribution in [0, 0.1) is 17.0 Å². The molecule has 1 aromatic heterocycles. The number of aryl methyl sites for hydroxylation is 1. The fourth-order valence-electron chi connectivity index (χ4n) is 3.61. The van der Waals surface area contributed by atoms with E-state index in [-0.39, 0.29) is 10.8 Å². The summed E-state index contributed by atoms with van der Waals surface area (Å²) in [6, 6.07) is 22.5. The van der Waals surface area contributed by atoms with Gasteiger partial charge in [0.1, 0.15) is 16.2 Å². The molecule has 0 atom stereocenters. The summed E-state index contributed by atoms with van der Waals surface area (Å²) in [5.41, 5.74) is 4.30. The molecule has 0 spiro atoms. The molecule has 0 aliphatic rings. The molecule has 0 saturated carbocycles. The Morgan fingerprint density at radius 2 is 1.82 bits per heavy atom. The van der Waals surface area contributed by atoms with Gasteiger partial charge in [-0.3, -0.25) is 15.1 Å². The molecule has 0 aliphatic heterocycles. The third-order valence-electron chi connectivity index (χ3n) is 5.48. The number of hydrogen-bond donors (Lipinski definition) is 0. The van der Waals surface area contributed by atoms with E-state index in [1.807, 2.05) is 49.4 Å². The minimum Gasteiger partial charge on any atom is -0.436 e. The Bertz CT molecular complexity index is 1810. The van der Waals surface area contributed by atoms with Crippen LogP contribution in [0.2, 0.25) is 5.02 Å². The second-order valence-corrected chi connectivity index (χ2v) is 10.2. The van der Waals surface area contributed by atoms with Gasteiger partial charge in [-0.1, -0.05) is 23.7 Å². The number of rotatable bonds is 7. The number of aliphatic imine (C=N–C) groups is 1. The lowest BCUT2D eigenvalue weighted by atomic mass is 10.2. The maximum atomic E-state index is 12.6. The van der Waals surface area contributed by atoms with Crippen LogP contribution in [0.3, 0.4) is 0 Å². The van der Waals surface area contributed by atoms with Crippen LogP contribution < -0.4 is 4.18 Å². The molecule has 9 nitrogen and oxygen atoms in total. The molecule has 0 bridgehead atoms. The van der Waals surface area contributed by atoms with Gasteiger partial charge in [-0.15, -0.1) is 0 Å². The van der Waals surface area contributed by atoms with E-state index < -0.39 is 25.6 Å². The van der Waals surface area contributed by atoms with Crippen molar-refractivity contribution in [1.82, 2.24) is 4.98 Å². The number of non-ortho nitro benzene ring substituents is 1. The van der Waals surface area contributed by atoms with Crippen molar-refractivity contribution >= 4 is 50.4 Å². The molecule has 0 amide bonds. The highest BCUT2D eigenvalue weighted by molar-refractivity contribution is 7.87. The summed E-state index contributed by atoms with van der Waals surface area (Å²) in [6.45, 7) is 1.99. The van der Waals surface area contributed by atoms with Gasteiger partial charge in [0.2, 0.25) is 5.89 Å². The fraction of sp³-hybridized carbons (Fsp3) is 0.0370. The Labute approximate surface area is 222 Å². The molecule has 0 N–H and O–H groups in total. The number of nitro benzene ring substituents is 1. The second-order valence-electron chi connectivity index (χ2n) is 8.28. The van der Waals surface area contributed by atoms with Gasteiger partial charge in [-0.25, -0.2) is 4.98 Å². The molecular weight excluding hydrogens is 530 g/mol. The van der Waals surface area contributed by atoms with Crippen molar-refractivity contribution in [2.24, 2.45) is 4.99 Å². The zero-order chi connectivity index (χ0) is 26.9. The van der Waals surface area contributed by atoms with E-state index in [0.29, 0.717) is 22.7 Å². The quantitative estimate of drug-likeness (QED) is 0.0940. The van der Waals surface area contributed by atoms with Crippen molar-refractivity contribution < 1.29 is 21.9 Å². The van der Waals surface area contributed by atoms with Crippen molar-refractivity contribution in [3.8, 4) is 17.2 Å². The van der Waals surface area contributed by atoms with Crippen LogP contribution in [0.4, 0.5) is 11.4 Å².